The quantitative estimate of drug-likeness (QED) is 0.106. The van der Waals surface area contributed by atoms with Crippen molar-refractivity contribution in [3.05, 3.63) is 112 Å². The minimum Gasteiger partial charge on any atom is -0.497 e. The molecule has 4 aromatic rings. The van der Waals surface area contributed by atoms with E-state index in [-0.39, 0.29) is 29.6 Å². The summed E-state index contributed by atoms with van der Waals surface area (Å²) in [6, 6.07) is 21.0. The maximum atomic E-state index is 13.5. The van der Waals surface area contributed by atoms with E-state index < -0.39 is 39.1 Å². The number of benzene rings is 3. The van der Waals surface area contributed by atoms with Crippen LogP contribution in [-0.2, 0) is 35.2 Å². The fraction of sp³-hybridized carbons (Fsp3) is 0.219. The number of carbonyl (C=O) groups excluding carboxylic acids is 2. The lowest BCUT2D eigenvalue weighted by Gasteiger charge is -2.48. The summed E-state index contributed by atoms with van der Waals surface area (Å²) in [5.74, 6) is -0.210. The highest BCUT2D eigenvalue weighted by molar-refractivity contribution is 8.00. The van der Waals surface area contributed by atoms with Gasteiger partial charge >= 0.3 is 11.6 Å². The first-order valence-corrected chi connectivity index (χ1v) is 16.2. The summed E-state index contributed by atoms with van der Waals surface area (Å²) >= 11 is 1.25. The molecule has 0 radical (unpaired) electrons. The van der Waals surface area contributed by atoms with Gasteiger partial charge in [-0.1, -0.05) is 29.8 Å². The third kappa shape index (κ3) is 6.32. The summed E-state index contributed by atoms with van der Waals surface area (Å²) in [6.07, 6.45) is -1.32. The zero-order valence-corrected chi connectivity index (χ0v) is 25.8. The Morgan fingerprint density at radius 3 is 2.40 bits per heavy atom. The van der Waals surface area contributed by atoms with Gasteiger partial charge in [0.25, 0.3) is 16.0 Å². The number of nitrogens with zero attached hydrogens (tertiary/aromatic N) is 1. The number of esters is 1. The number of ether oxygens (including phenoxy) is 3. The molecule has 0 saturated carbocycles. The molecule has 0 bridgehead atoms. The molecule has 11 nitrogen and oxygen atoms in total. The molecule has 2 aliphatic heterocycles. The molecule has 13 heteroatoms. The van der Waals surface area contributed by atoms with Crippen LogP contribution in [0.2, 0.25) is 0 Å². The molecular weight excluding hydrogens is 622 g/mol. The Hall–Kier alpha value is -4.59. The Bertz CT molecular complexity index is 1970. The van der Waals surface area contributed by atoms with Crippen LogP contribution in [0.25, 0.3) is 11.0 Å². The minimum atomic E-state index is -4.25. The lowest BCUT2D eigenvalue weighted by molar-refractivity contribution is -0.158. The summed E-state index contributed by atoms with van der Waals surface area (Å²) in [4.78, 5) is 39.7. The van der Waals surface area contributed by atoms with Crippen LogP contribution in [0.4, 0.5) is 0 Å². The van der Waals surface area contributed by atoms with Gasteiger partial charge in [-0.2, -0.15) is 8.42 Å². The fourth-order valence-corrected chi connectivity index (χ4v) is 7.25. The molecule has 0 spiro atoms. The second-order valence-electron chi connectivity index (χ2n) is 10.3. The lowest BCUT2D eigenvalue weighted by Crippen LogP contribution is -2.66. The molecule has 1 saturated heterocycles. The molecule has 232 valence electrons. The van der Waals surface area contributed by atoms with Crippen LogP contribution in [0.15, 0.2) is 104 Å². The summed E-state index contributed by atoms with van der Waals surface area (Å²) in [5, 5.41) is -0.0715. The second kappa shape index (κ2) is 12.4. The van der Waals surface area contributed by atoms with E-state index in [4.69, 9.17) is 22.8 Å². The van der Waals surface area contributed by atoms with Crippen molar-refractivity contribution in [2.24, 2.45) is 0 Å². The van der Waals surface area contributed by atoms with E-state index in [1.807, 2.05) is 6.92 Å². The lowest BCUT2D eigenvalue weighted by atomic mass is 10.1. The third-order valence-electron chi connectivity index (χ3n) is 7.27. The number of β-lactam (4-membered cyclic amide) rings is 1. The van der Waals surface area contributed by atoms with Crippen molar-refractivity contribution in [1.29, 1.82) is 0 Å². The van der Waals surface area contributed by atoms with Gasteiger partial charge in [-0.05, 0) is 55.0 Å². The van der Waals surface area contributed by atoms with E-state index in [0.717, 1.165) is 5.56 Å². The Balaban J connectivity index is 1.24. The second-order valence-corrected chi connectivity index (χ2v) is 13.0. The van der Waals surface area contributed by atoms with Gasteiger partial charge in [0.2, 0.25) is 0 Å². The van der Waals surface area contributed by atoms with Crippen molar-refractivity contribution in [1.82, 2.24) is 4.90 Å². The van der Waals surface area contributed by atoms with Gasteiger partial charge < -0.3 is 18.6 Å². The van der Waals surface area contributed by atoms with Crippen LogP contribution in [0.1, 0.15) is 11.1 Å². The average molecular weight is 650 g/mol. The highest BCUT2D eigenvalue weighted by Crippen LogP contribution is 2.43. The van der Waals surface area contributed by atoms with E-state index in [1.165, 1.54) is 34.9 Å². The molecule has 3 heterocycles. The van der Waals surface area contributed by atoms with Crippen molar-refractivity contribution >= 4 is 44.7 Å². The number of hydrogen-bond donors (Lipinski definition) is 0. The first-order valence-electron chi connectivity index (χ1n) is 13.8. The number of aryl methyl sites for hydroxylation is 1. The van der Waals surface area contributed by atoms with Crippen LogP contribution in [0, 0.1) is 6.92 Å². The molecule has 3 aromatic carbocycles. The largest absolute Gasteiger partial charge is 0.497 e. The van der Waals surface area contributed by atoms with Gasteiger partial charge in [-0.3, -0.25) is 9.69 Å². The summed E-state index contributed by atoms with van der Waals surface area (Å²) in [7, 11) is -2.71. The van der Waals surface area contributed by atoms with Crippen LogP contribution in [-0.4, -0.2) is 56.1 Å². The number of thioether (sulfide) groups is 1. The number of carbonyl (C=O) groups is 2. The van der Waals surface area contributed by atoms with Crippen LogP contribution < -0.4 is 15.1 Å². The Morgan fingerprint density at radius 2 is 1.67 bits per heavy atom. The maximum Gasteiger partial charge on any atom is 0.355 e. The highest BCUT2D eigenvalue weighted by Gasteiger charge is 2.56. The van der Waals surface area contributed by atoms with Crippen molar-refractivity contribution in [3.8, 4) is 11.5 Å². The van der Waals surface area contributed by atoms with Crippen molar-refractivity contribution < 1.29 is 40.8 Å². The standard InChI is InChI=1S/C32H27NO10S2/c1-19-3-12-25(13-4-19)45(37,38)43-29-30(35)33-28(32(36)41-16-20-5-9-23(39-2)10-6-20)22(18-44-31(29)33)17-40-24-11-7-21-8-14-27(34)42-26(21)15-24/h3-15,29,31H,16-18H2,1-2H3/t29-,31+/m0/s1. The molecule has 1 aromatic heterocycles. The number of amides is 1. The summed E-state index contributed by atoms with van der Waals surface area (Å²) in [6.45, 7) is 1.65. The average Bonchev–Trinajstić information content (AvgIpc) is 3.04. The van der Waals surface area contributed by atoms with Crippen LogP contribution in [0.3, 0.4) is 0 Å². The zero-order chi connectivity index (χ0) is 31.7. The van der Waals surface area contributed by atoms with Crippen LogP contribution >= 0.6 is 11.8 Å². The molecule has 2 atom stereocenters. The maximum absolute atomic E-state index is 13.5. The first kappa shape index (κ1) is 30.4. The van der Waals surface area contributed by atoms with Gasteiger partial charge in [0, 0.05) is 28.8 Å². The monoisotopic (exact) mass is 649 g/mol. The molecular formula is C32H27NO10S2. The molecule has 6 rings (SSSR count). The van der Waals surface area contributed by atoms with Crippen molar-refractivity contribution in [2.45, 2.75) is 29.9 Å². The number of hydrogen-bond acceptors (Lipinski definition) is 11. The molecule has 0 aliphatic carbocycles. The van der Waals surface area contributed by atoms with Gasteiger partial charge in [-0.15, -0.1) is 11.8 Å². The smallest absolute Gasteiger partial charge is 0.355 e. The van der Waals surface area contributed by atoms with Gasteiger partial charge in [0.1, 0.15) is 41.4 Å². The third-order valence-corrected chi connectivity index (χ3v) is 9.89. The number of fused-ring (bicyclic) bond motifs is 2. The van der Waals surface area contributed by atoms with E-state index in [0.29, 0.717) is 33.6 Å². The number of methoxy groups -OCH3 is 1. The minimum absolute atomic E-state index is 0.0304. The summed E-state index contributed by atoms with van der Waals surface area (Å²) < 4.78 is 53.3. The van der Waals surface area contributed by atoms with E-state index in [2.05, 4.69) is 0 Å². The summed E-state index contributed by atoms with van der Waals surface area (Å²) in [5.41, 5.74) is 1.82. The van der Waals surface area contributed by atoms with Gasteiger partial charge in [-0.25, -0.2) is 13.8 Å². The predicted molar refractivity (Wildman–Crippen MR) is 164 cm³/mol. The van der Waals surface area contributed by atoms with E-state index in [1.54, 1.807) is 67.8 Å². The Kier molecular flexibility index (Phi) is 8.40. The molecule has 1 fully saturated rings. The first-order chi connectivity index (χ1) is 21.6. The highest BCUT2D eigenvalue weighted by atomic mass is 32.2. The van der Waals surface area contributed by atoms with Crippen molar-refractivity contribution in [3.63, 3.8) is 0 Å². The van der Waals surface area contributed by atoms with Gasteiger partial charge in [0.15, 0.2) is 6.10 Å². The number of rotatable bonds is 10. The fourth-order valence-electron chi connectivity index (χ4n) is 4.84. The van der Waals surface area contributed by atoms with Crippen molar-refractivity contribution in [2.75, 3.05) is 19.5 Å². The molecule has 2 aliphatic rings. The SMILES string of the molecule is COc1ccc(COC(=O)C2=C(COc3ccc4ccc(=O)oc4c3)CS[C@@H]3[C@@H](OS(=O)(=O)c4ccc(C)cc4)C(=O)N23)cc1. The van der Waals surface area contributed by atoms with E-state index >= 15 is 0 Å². The molecule has 45 heavy (non-hydrogen) atoms. The molecule has 1 amide bonds. The van der Waals surface area contributed by atoms with Gasteiger partial charge in [0.05, 0.1) is 12.0 Å². The molecule has 0 unspecified atom stereocenters. The Morgan fingerprint density at radius 1 is 0.956 bits per heavy atom. The van der Waals surface area contributed by atoms with Crippen LogP contribution in [0.5, 0.6) is 11.5 Å². The molecule has 0 N–H and O–H groups in total. The zero-order valence-electron chi connectivity index (χ0n) is 24.1. The predicted octanol–water partition coefficient (Wildman–Crippen LogP) is 4.18. The topological polar surface area (TPSA) is 139 Å². The Labute approximate surface area is 262 Å². The van der Waals surface area contributed by atoms with E-state index in [9.17, 15) is 22.8 Å². The normalized spacial score (nSPS) is 17.9.